The van der Waals surface area contributed by atoms with E-state index in [1.165, 1.54) is 0 Å². The van der Waals surface area contributed by atoms with Crippen LogP contribution in [0.2, 0.25) is 0 Å². The number of rotatable bonds is 10. The molecule has 0 spiro atoms. The van der Waals surface area contributed by atoms with Crippen LogP contribution < -0.4 is 20.5 Å². The highest BCUT2D eigenvalue weighted by molar-refractivity contribution is 5.77. The fourth-order valence-electron chi connectivity index (χ4n) is 2.70. The normalized spacial score (nSPS) is 11.2. The molecule has 7 nitrogen and oxygen atoms in total. The Morgan fingerprint density at radius 3 is 2.60 bits per heavy atom. The molecular formula is C23H27N5O2. The van der Waals surface area contributed by atoms with E-state index in [0.29, 0.717) is 43.0 Å². The van der Waals surface area contributed by atoms with E-state index in [1.807, 2.05) is 54.6 Å². The molecule has 0 amide bonds. The third-order valence-corrected chi connectivity index (χ3v) is 4.20. The molecule has 0 radical (unpaired) electrons. The SMILES string of the molecule is CCCOc1ccccc1Oc1ncccc1CN=C(N)NCCc1ccccn1. The van der Waals surface area contributed by atoms with Crippen molar-refractivity contribution in [3.05, 3.63) is 78.2 Å². The quantitative estimate of drug-likeness (QED) is 0.394. The topological polar surface area (TPSA) is 94.7 Å². The Bertz CT molecular complexity index is 947. The van der Waals surface area contributed by atoms with Gasteiger partial charge >= 0.3 is 0 Å². The van der Waals surface area contributed by atoms with E-state index in [2.05, 4.69) is 27.2 Å². The lowest BCUT2D eigenvalue weighted by Crippen LogP contribution is -2.33. The van der Waals surface area contributed by atoms with Crippen molar-refractivity contribution in [1.82, 2.24) is 15.3 Å². The van der Waals surface area contributed by atoms with Gasteiger partial charge in [-0.2, -0.15) is 0 Å². The van der Waals surface area contributed by atoms with Crippen LogP contribution in [0.15, 0.2) is 72.0 Å². The van der Waals surface area contributed by atoms with Crippen LogP contribution in [-0.2, 0) is 13.0 Å². The standard InChI is InChI=1S/C23H27N5O2/c1-2-16-29-20-10-3-4-11-21(20)30-22-18(8-7-14-26-22)17-28-23(24)27-15-12-19-9-5-6-13-25-19/h3-11,13-14H,2,12,15-17H2,1H3,(H3,24,27,28). The molecule has 0 aliphatic rings. The summed E-state index contributed by atoms with van der Waals surface area (Å²) in [5, 5.41) is 3.11. The molecule has 0 aliphatic carbocycles. The molecule has 0 saturated heterocycles. The largest absolute Gasteiger partial charge is 0.490 e. The highest BCUT2D eigenvalue weighted by atomic mass is 16.5. The molecule has 1 aromatic carbocycles. The van der Waals surface area contributed by atoms with Crippen molar-refractivity contribution in [1.29, 1.82) is 0 Å². The van der Waals surface area contributed by atoms with Crippen LogP contribution in [0.5, 0.6) is 17.4 Å². The first-order valence-corrected chi connectivity index (χ1v) is 10.0. The molecule has 7 heteroatoms. The van der Waals surface area contributed by atoms with Gasteiger partial charge in [-0.05, 0) is 36.8 Å². The van der Waals surface area contributed by atoms with Gasteiger partial charge in [0.15, 0.2) is 17.5 Å². The minimum Gasteiger partial charge on any atom is -0.490 e. The van der Waals surface area contributed by atoms with E-state index in [0.717, 1.165) is 24.1 Å². The third kappa shape index (κ3) is 6.48. The maximum absolute atomic E-state index is 6.03. The van der Waals surface area contributed by atoms with Crippen LogP contribution in [0.1, 0.15) is 24.6 Å². The van der Waals surface area contributed by atoms with Gasteiger partial charge in [0.25, 0.3) is 0 Å². The Hall–Kier alpha value is -3.61. The average Bonchev–Trinajstić information content (AvgIpc) is 2.78. The molecule has 30 heavy (non-hydrogen) atoms. The number of nitrogens with zero attached hydrogens (tertiary/aromatic N) is 3. The van der Waals surface area contributed by atoms with Crippen molar-refractivity contribution in [3.63, 3.8) is 0 Å². The number of hydrogen-bond donors (Lipinski definition) is 2. The van der Waals surface area contributed by atoms with Crippen molar-refractivity contribution in [3.8, 4) is 17.4 Å². The number of guanidine groups is 1. The van der Waals surface area contributed by atoms with Gasteiger partial charge in [-0.1, -0.05) is 31.2 Å². The molecule has 3 rings (SSSR count). The molecule has 0 saturated carbocycles. The van der Waals surface area contributed by atoms with Crippen LogP contribution in [0.3, 0.4) is 0 Å². The van der Waals surface area contributed by atoms with Gasteiger partial charge in [-0.25, -0.2) is 9.98 Å². The van der Waals surface area contributed by atoms with Gasteiger partial charge in [0.05, 0.1) is 13.2 Å². The van der Waals surface area contributed by atoms with E-state index >= 15 is 0 Å². The molecule has 0 unspecified atom stereocenters. The second kappa shape index (κ2) is 11.4. The van der Waals surface area contributed by atoms with E-state index < -0.39 is 0 Å². The van der Waals surface area contributed by atoms with E-state index in [4.69, 9.17) is 15.2 Å². The number of nitrogens with two attached hydrogens (primary N) is 1. The van der Waals surface area contributed by atoms with Crippen molar-refractivity contribution < 1.29 is 9.47 Å². The molecule has 156 valence electrons. The summed E-state index contributed by atoms with van der Waals surface area (Å²) in [6.45, 7) is 3.70. The lowest BCUT2D eigenvalue weighted by Gasteiger charge is -2.13. The minimum atomic E-state index is 0.351. The second-order valence-electron chi connectivity index (χ2n) is 6.56. The summed E-state index contributed by atoms with van der Waals surface area (Å²) in [5.41, 5.74) is 7.84. The molecule has 0 aliphatic heterocycles. The smallest absolute Gasteiger partial charge is 0.224 e. The Balaban J connectivity index is 1.60. The lowest BCUT2D eigenvalue weighted by molar-refractivity contribution is 0.300. The number of para-hydroxylation sites is 2. The van der Waals surface area contributed by atoms with Crippen molar-refractivity contribution in [2.45, 2.75) is 26.3 Å². The number of benzene rings is 1. The Morgan fingerprint density at radius 1 is 1.00 bits per heavy atom. The molecular weight excluding hydrogens is 378 g/mol. The number of nitrogens with one attached hydrogen (secondary N) is 1. The zero-order valence-electron chi connectivity index (χ0n) is 17.1. The Labute approximate surface area is 177 Å². The van der Waals surface area contributed by atoms with Crippen LogP contribution in [-0.4, -0.2) is 29.1 Å². The zero-order valence-corrected chi connectivity index (χ0v) is 17.1. The number of pyridine rings is 2. The number of aromatic nitrogens is 2. The van der Waals surface area contributed by atoms with Gasteiger partial charge in [-0.15, -0.1) is 0 Å². The van der Waals surface area contributed by atoms with Gasteiger partial charge in [0.1, 0.15) is 0 Å². The first kappa shape index (κ1) is 21.1. The van der Waals surface area contributed by atoms with Crippen molar-refractivity contribution in [2.75, 3.05) is 13.2 Å². The summed E-state index contributed by atoms with van der Waals surface area (Å²) in [7, 11) is 0. The Kier molecular flexibility index (Phi) is 8.02. The van der Waals surface area contributed by atoms with Crippen molar-refractivity contribution in [2.24, 2.45) is 10.7 Å². The highest BCUT2D eigenvalue weighted by Crippen LogP contribution is 2.32. The predicted octanol–water partition coefficient (Wildman–Crippen LogP) is 3.70. The Morgan fingerprint density at radius 2 is 1.80 bits per heavy atom. The maximum atomic E-state index is 6.03. The average molecular weight is 406 g/mol. The summed E-state index contributed by atoms with van der Waals surface area (Å²) in [6, 6.07) is 17.2. The molecule has 2 heterocycles. The van der Waals surface area contributed by atoms with E-state index in [9.17, 15) is 0 Å². The van der Waals surface area contributed by atoms with E-state index in [1.54, 1.807) is 12.4 Å². The van der Waals surface area contributed by atoms with Gasteiger partial charge in [0.2, 0.25) is 5.88 Å². The first-order chi connectivity index (χ1) is 14.8. The van der Waals surface area contributed by atoms with Crippen LogP contribution in [0.25, 0.3) is 0 Å². The summed E-state index contributed by atoms with van der Waals surface area (Å²) in [5.74, 6) is 2.16. The van der Waals surface area contributed by atoms with Gasteiger partial charge in [-0.3, -0.25) is 4.98 Å². The number of aliphatic imine (C=N–C) groups is 1. The van der Waals surface area contributed by atoms with Crippen molar-refractivity contribution >= 4 is 5.96 Å². The predicted molar refractivity (Wildman–Crippen MR) is 118 cm³/mol. The monoisotopic (exact) mass is 405 g/mol. The summed E-state index contributed by atoms with van der Waals surface area (Å²) in [6.07, 6.45) is 5.16. The van der Waals surface area contributed by atoms with Crippen LogP contribution in [0, 0.1) is 0 Å². The fraction of sp³-hybridized carbons (Fsp3) is 0.261. The molecule has 2 aromatic heterocycles. The molecule has 3 aromatic rings. The van der Waals surface area contributed by atoms with Crippen LogP contribution in [0.4, 0.5) is 0 Å². The molecule has 0 fully saturated rings. The van der Waals surface area contributed by atoms with E-state index in [-0.39, 0.29) is 0 Å². The zero-order chi connectivity index (χ0) is 21.0. The number of hydrogen-bond acceptors (Lipinski definition) is 5. The third-order valence-electron chi connectivity index (χ3n) is 4.20. The van der Waals surface area contributed by atoms with Gasteiger partial charge < -0.3 is 20.5 Å². The summed E-state index contributed by atoms with van der Waals surface area (Å²) < 4.78 is 11.8. The second-order valence-corrected chi connectivity index (χ2v) is 6.56. The number of ether oxygens (including phenoxy) is 2. The van der Waals surface area contributed by atoms with Gasteiger partial charge in [0, 0.05) is 36.6 Å². The summed E-state index contributed by atoms with van der Waals surface area (Å²) >= 11 is 0. The lowest BCUT2D eigenvalue weighted by atomic mass is 10.2. The molecule has 3 N–H and O–H groups in total. The van der Waals surface area contributed by atoms with Crippen LogP contribution >= 0.6 is 0 Å². The molecule has 0 bridgehead atoms. The minimum absolute atomic E-state index is 0.351. The highest BCUT2D eigenvalue weighted by Gasteiger charge is 2.10. The summed E-state index contributed by atoms with van der Waals surface area (Å²) in [4.78, 5) is 13.1. The first-order valence-electron chi connectivity index (χ1n) is 10.0. The fourth-order valence-corrected chi connectivity index (χ4v) is 2.70. The molecule has 0 atom stereocenters. The maximum Gasteiger partial charge on any atom is 0.224 e.